The molecule has 0 amide bonds. The molecule has 26 heavy (non-hydrogen) atoms. The summed E-state index contributed by atoms with van der Waals surface area (Å²) in [7, 11) is -3.92. The van der Waals surface area contributed by atoms with Crippen molar-refractivity contribution in [3.63, 3.8) is 0 Å². The standard InChI is InChI=1S/C16H21ClN2O6S/c1-10(2)25-16(20)11-3-5-12(6-4-11)18-26(23,24)13-7-8-14(17)15(9-13)19(21)22/h7-12,18H,3-6H2,1-2H3. The van der Waals surface area contributed by atoms with Gasteiger partial charge in [0.25, 0.3) is 5.69 Å². The molecular weight excluding hydrogens is 384 g/mol. The Balaban J connectivity index is 2.02. The molecule has 1 saturated carbocycles. The molecule has 1 aliphatic rings. The lowest BCUT2D eigenvalue weighted by Gasteiger charge is -2.28. The monoisotopic (exact) mass is 404 g/mol. The molecule has 1 fully saturated rings. The van der Waals surface area contributed by atoms with Gasteiger partial charge >= 0.3 is 5.97 Å². The summed E-state index contributed by atoms with van der Waals surface area (Å²) in [5.74, 6) is -0.482. The smallest absolute Gasteiger partial charge is 0.309 e. The number of esters is 1. The van der Waals surface area contributed by atoms with Gasteiger partial charge in [0, 0.05) is 12.1 Å². The highest BCUT2D eigenvalue weighted by Crippen LogP contribution is 2.29. The molecule has 0 heterocycles. The zero-order valence-corrected chi connectivity index (χ0v) is 16.0. The number of carbonyl (C=O) groups excluding carboxylic acids is 1. The predicted octanol–water partition coefficient (Wildman–Crippen LogP) is 3.04. The van der Waals surface area contributed by atoms with Crippen molar-refractivity contribution in [2.24, 2.45) is 5.92 Å². The van der Waals surface area contributed by atoms with E-state index in [1.807, 2.05) is 0 Å². The molecule has 1 aromatic carbocycles. The molecule has 0 saturated heterocycles. The number of hydrogen-bond acceptors (Lipinski definition) is 6. The van der Waals surface area contributed by atoms with Gasteiger partial charge in [0.2, 0.25) is 10.0 Å². The highest BCUT2D eigenvalue weighted by Gasteiger charge is 2.31. The van der Waals surface area contributed by atoms with Crippen molar-refractivity contribution in [3.8, 4) is 0 Å². The van der Waals surface area contributed by atoms with Crippen molar-refractivity contribution in [2.75, 3.05) is 0 Å². The Labute approximate surface area is 157 Å². The first-order chi connectivity index (χ1) is 12.1. The van der Waals surface area contributed by atoms with Crippen LogP contribution in [0.15, 0.2) is 23.1 Å². The van der Waals surface area contributed by atoms with Crippen molar-refractivity contribution in [3.05, 3.63) is 33.3 Å². The minimum atomic E-state index is -3.92. The average Bonchev–Trinajstić information content (AvgIpc) is 2.54. The molecule has 0 unspecified atom stereocenters. The van der Waals surface area contributed by atoms with Crippen LogP contribution in [-0.2, 0) is 19.6 Å². The Bertz CT molecular complexity index is 788. The molecule has 1 aromatic rings. The normalized spacial score (nSPS) is 20.8. The number of benzene rings is 1. The van der Waals surface area contributed by atoms with E-state index in [0.717, 1.165) is 6.07 Å². The SMILES string of the molecule is CC(C)OC(=O)C1CCC(NS(=O)(=O)c2ccc(Cl)c([N+](=O)[O-])c2)CC1. The number of nitrogens with one attached hydrogen (secondary N) is 1. The minimum Gasteiger partial charge on any atom is -0.463 e. The lowest BCUT2D eigenvalue weighted by molar-refractivity contribution is -0.384. The van der Waals surface area contributed by atoms with Crippen molar-refractivity contribution in [2.45, 2.75) is 56.6 Å². The largest absolute Gasteiger partial charge is 0.463 e. The first-order valence-electron chi connectivity index (χ1n) is 8.27. The zero-order valence-electron chi connectivity index (χ0n) is 14.5. The maximum absolute atomic E-state index is 12.5. The number of ether oxygens (including phenoxy) is 1. The second-order valence-corrected chi connectivity index (χ2v) is 8.65. The second-order valence-electron chi connectivity index (χ2n) is 6.53. The fraction of sp³-hybridized carbons (Fsp3) is 0.562. The summed E-state index contributed by atoms with van der Waals surface area (Å²) < 4.78 is 32.7. The van der Waals surface area contributed by atoms with Crippen LogP contribution in [0, 0.1) is 16.0 Å². The number of sulfonamides is 1. The average molecular weight is 405 g/mol. The van der Waals surface area contributed by atoms with E-state index >= 15 is 0 Å². The number of carbonyl (C=O) groups is 1. The number of halogens is 1. The number of hydrogen-bond donors (Lipinski definition) is 1. The van der Waals surface area contributed by atoms with E-state index in [1.165, 1.54) is 12.1 Å². The van der Waals surface area contributed by atoms with Gasteiger partial charge in [-0.05, 0) is 51.7 Å². The van der Waals surface area contributed by atoms with E-state index in [1.54, 1.807) is 13.8 Å². The van der Waals surface area contributed by atoms with Crippen molar-refractivity contribution < 1.29 is 22.9 Å². The van der Waals surface area contributed by atoms with Crippen LogP contribution in [0.1, 0.15) is 39.5 Å². The molecule has 0 radical (unpaired) electrons. The van der Waals surface area contributed by atoms with E-state index in [2.05, 4.69) is 4.72 Å². The maximum Gasteiger partial charge on any atom is 0.309 e. The highest BCUT2D eigenvalue weighted by atomic mass is 35.5. The van der Waals surface area contributed by atoms with Crippen molar-refractivity contribution in [1.29, 1.82) is 0 Å². The van der Waals surface area contributed by atoms with E-state index in [9.17, 15) is 23.3 Å². The Hall–Kier alpha value is -1.71. The Morgan fingerprint density at radius 3 is 2.46 bits per heavy atom. The van der Waals surface area contributed by atoms with Crippen LogP contribution in [0.4, 0.5) is 5.69 Å². The van der Waals surface area contributed by atoms with Crippen LogP contribution < -0.4 is 4.72 Å². The molecule has 0 spiro atoms. The van der Waals surface area contributed by atoms with Gasteiger partial charge < -0.3 is 4.74 Å². The lowest BCUT2D eigenvalue weighted by atomic mass is 9.86. The second kappa shape index (κ2) is 8.32. The summed E-state index contributed by atoms with van der Waals surface area (Å²) in [6, 6.07) is 3.02. The minimum absolute atomic E-state index is 0.127. The molecule has 1 N–H and O–H groups in total. The fourth-order valence-corrected chi connectivity index (χ4v) is 4.37. The quantitative estimate of drug-likeness (QED) is 0.442. The first kappa shape index (κ1) is 20.6. The van der Waals surface area contributed by atoms with E-state index in [-0.39, 0.29) is 34.0 Å². The third-order valence-corrected chi connectivity index (χ3v) is 6.00. The van der Waals surface area contributed by atoms with Gasteiger partial charge in [0.1, 0.15) is 5.02 Å². The summed E-state index contributed by atoms with van der Waals surface area (Å²) in [6.07, 6.45) is 1.86. The summed E-state index contributed by atoms with van der Waals surface area (Å²) in [5.41, 5.74) is -0.463. The maximum atomic E-state index is 12.5. The number of nitro benzene ring substituents is 1. The topological polar surface area (TPSA) is 116 Å². The number of nitro groups is 1. The first-order valence-corrected chi connectivity index (χ1v) is 10.1. The van der Waals surface area contributed by atoms with Gasteiger partial charge in [-0.15, -0.1) is 0 Å². The van der Waals surface area contributed by atoms with Gasteiger partial charge in [0.15, 0.2) is 0 Å². The fourth-order valence-electron chi connectivity index (χ4n) is 2.86. The Morgan fingerprint density at radius 1 is 1.31 bits per heavy atom. The van der Waals surface area contributed by atoms with Gasteiger partial charge in [-0.3, -0.25) is 14.9 Å². The van der Waals surface area contributed by atoms with E-state index in [0.29, 0.717) is 25.7 Å². The van der Waals surface area contributed by atoms with E-state index in [4.69, 9.17) is 16.3 Å². The van der Waals surface area contributed by atoms with Crippen LogP contribution in [0.2, 0.25) is 5.02 Å². The third kappa shape index (κ3) is 5.15. The molecule has 1 aliphatic carbocycles. The zero-order chi connectivity index (χ0) is 19.5. The summed E-state index contributed by atoms with van der Waals surface area (Å²) >= 11 is 5.71. The molecular formula is C16H21ClN2O6S. The Kier molecular flexibility index (Phi) is 6.59. The number of rotatable bonds is 6. The molecule has 8 nitrogen and oxygen atoms in total. The van der Waals surface area contributed by atoms with Crippen LogP contribution in [0.5, 0.6) is 0 Å². The molecule has 2 rings (SSSR count). The van der Waals surface area contributed by atoms with E-state index < -0.39 is 20.6 Å². The van der Waals surface area contributed by atoms with Crippen LogP contribution in [-0.4, -0.2) is 31.5 Å². The van der Waals surface area contributed by atoms with Gasteiger partial charge in [-0.25, -0.2) is 13.1 Å². The Morgan fingerprint density at radius 2 is 1.92 bits per heavy atom. The van der Waals surface area contributed by atoms with Gasteiger partial charge in [-0.2, -0.15) is 0 Å². The predicted molar refractivity (Wildman–Crippen MR) is 95.4 cm³/mol. The van der Waals surface area contributed by atoms with Crippen molar-refractivity contribution >= 4 is 33.3 Å². The summed E-state index contributed by atoms with van der Waals surface area (Å²) in [5, 5.41) is 10.8. The molecule has 144 valence electrons. The summed E-state index contributed by atoms with van der Waals surface area (Å²) in [4.78, 5) is 21.9. The van der Waals surface area contributed by atoms with Gasteiger partial charge in [-0.1, -0.05) is 11.6 Å². The molecule has 0 aromatic heterocycles. The lowest BCUT2D eigenvalue weighted by Crippen LogP contribution is -2.39. The van der Waals surface area contributed by atoms with Crippen LogP contribution in [0.3, 0.4) is 0 Å². The van der Waals surface area contributed by atoms with Crippen molar-refractivity contribution in [1.82, 2.24) is 4.72 Å². The molecule has 0 atom stereocenters. The third-order valence-electron chi connectivity index (χ3n) is 4.16. The van der Waals surface area contributed by atoms with Gasteiger partial charge in [0.05, 0.1) is 21.8 Å². The van der Waals surface area contributed by atoms with Crippen LogP contribution >= 0.6 is 11.6 Å². The molecule has 0 aliphatic heterocycles. The highest BCUT2D eigenvalue weighted by molar-refractivity contribution is 7.89. The molecule has 0 bridgehead atoms. The van der Waals surface area contributed by atoms with Crippen LogP contribution in [0.25, 0.3) is 0 Å². The molecule has 10 heteroatoms. The summed E-state index contributed by atoms with van der Waals surface area (Å²) in [6.45, 7) is 3.56. The number of nitrogens with zero attached hydrogens (tertiary/aromatic N) is 1.